The molecule has 0 saturated heterocycles. The Balaban J connectivity index is 2.01. The van der Waals surface area contributed by atoms with Gasteiger partial charge in [0.2, 0.25) is 5.91 Å². The van der Waals surface area contributed by atoms with Gasteiger partial charge in [-0.3, -0.25) is 4.79 Å². The Bertz CT molecular complexity index is 444. The molecule has 5 heteroatoms. The number of hydrogen-bond acceptors (Lipinski definition) is 2. The van der Waals surface area contributed by atoms with Crippen LogP contribution in [0.3, 0.4) is 0 Å². The molecular formula is C12H14F2N2O. The van der Waals surface area contributed by atoms with Crippen LogP contribution in [0, 0.1) is 11.6 Å². The number of hydrogen-bond donors (Lipinski definition) is 2. The van der Waals surface area contributed by atoms with Crippen LogP contribution >= 0.6 is 0 Å². The maximum absolute atomic E-state index is 13.3. The molecule has 1 amide bonds. The normalized spacial score (nSPS) is 16.6. The molecule has 17 heavy (non-hydrogen) atoms. The number of nitrogens with one attached hydrogen (secondary N) is 1. The van der Waals surface area contributed by atoms with E-state index in [1.807, 2.05) is 0 Å². The summed E-state index contributed by atoms with van der Waals surface area (Å²) in [5, 5.41) is 2.76. The van der Waals surface area contributed by atoms with Gasteiger partial charge in [-0.25, -0.2) is 8.78 Å². The average Bonchev–Trinajstić information content (AvgIpc) is 3.05. The third-order valence-corrected chi connectivity index (χ3v) is 3.03. The predicted octanol–water partition coefficient (Wildman–Crippen LogP) is 1.11. The van der Waals surface area contributed by atoms with Crippen LogP contribution in [0.15, 0.2) is 18.2 Å². The van der Waals surface area contributed by atoms with Gasteiger partial charge in [-0.05, 0) is 18.9 Å². The minimum atomic E-state index is -0.958. The van der Waals surface area contributed by atoms with Crippen molar-refractivity contribution in [2.24, 2.45) is 5.73 Å². The van der Waals surface area contributed by atoms with Crippen LogP contribution < -0.4 is 11.1 Å². The second-order valence-corrected chi connectivity index (χ2v) is 4.42. The van der Waals surface area contributed by atoms with Crippen LogP contribution in [-0.4, -0.2) is 18.0 Å². The van der Waals surface area contributed by atoms with Gasteiger partial charge in [0.05, 0.1) is 12.0 Å². The molecule has 1 aliphatic carbocycles. The van der Waals surface area contributed by atoms with Crippen molar-refractivity contribution >= 4 is 5.91 Å². The molecule has 0 aliphatic heterocycles. The molecule has 0 atom stereocenters. The van der Waals surface area contributed by atoms with Crippen LogP contribution in [-0.2, 0) is 11.2 Å². The summed E-state index contributed by atoms with van der Waals surface area (Å²) in [6.45, 7) is 0.379. The molecule has 3 N–H and O–H groups in total. The van der Waals surface area contributed by atoms with Gasteiger partial charge in [0, 0.05) is 12.1 Å². The van der Waals surface area contributed by atoms with Crippen molar-refractivity contribution in [1.82, 2.24) is 5.32 Å². The molecule has 2 rings (SSSR count). The first-order valence-corrected chi connectivity index (χ1v) is 5.50. The van der Waals surface area contributed by atoms with Crippen molar-refractivity contribution in [1.29, 1.82) is 0 Å². The lowest BCUT2D eigenvalue weighted by molar-refractivity contribution is -0.121. The molecule has 1 aromatic rings. The van der Waals surface area contributed by atoms with E-state index in [2.05, 4.69) is 5.32 Å². The first-order chi connectivity index (χ1) is 8.06. The first-order valence-electron chi connectivity index (χ1n) is 5.50. The summed E-state index contributed by atoms with van der Waals surface area (Å²) in [7, 11) is 0. The summed E-state index contributed by atoms with van der Waals surface area (Å²) in [5.41, 5.74) is 5.28. The molecule has 0 heterocycles. The van der Waals surface area contributed by atoms with Crippen LogP contribution in [0.1, 0.15) is 18.4 Å². The van der Waals surface area contributed by atoms with E-state index in [9.17, 15) is 13.6 Å². The van der Waals surface area contributed by atoms with Crippen molar-refractivity contribution in [3.05, 3.63) is 35.4 Å². The van der Waals surface area contributed by atoms with Gasteiger partial charge in [0.1, 0.15) is 0 Å². The summed E-state index contributed by atoms with van der Waals surface area (Å²) in [6, 6.07) is 3.82. The Morgan fingerprint density at radius 1 is 1.41 bits per heavy atom. The van der Waals surface area contributed by atoms with Gasteiger partial charge in [-0.15, -0.1) is 0 Å². The molecule has 0 radical (unpaired) electrons. The topological polar surface area (TPSA) is 55.1 Å². The van der Waals surface area contributed by atoms with Gasteiger partial charge in [-0.1, -0.05) is 12.1 Å². The summed E-state index contributed by atoms with van der Waals surface area (Å²) in [5.74, 6) is -2.21. The van der Waals surface area contributed by atoms with Gasteiger partial charge in [-0.2, -0.15) is 0 Å². The lowest BCUT2D eigenvalue weighted by atomic mass is 10.1. The van der Waals surface area contributed by atoms with E-state index in [1.54, 1.807) is 0 Å². The van der Waals surface area contributed by atoms with E-state index in [4.69, 9.17) is 5.73 Å². The van der Waals surface area contributed by atoms with E-state index in [1.165, 1.54) is 12.1 Å². The number of halogens is 2. The molecule has 1 fully saturated rings. The molecule has 0 bridgehead atoms. The van der Waals surface area contributed by atoms with Crippen molar-refractivity contribution in [3.8, 4) is 0 Å². The van der Waals surface area contributed by atoms with E-state index in [-0.39, 0.29) is 23.4 Å². The summed E-state index contributed by atoms with van der Waals surface area (Å²) >= 11 is 0. The van der Waals surface area contributed by atoms with E-state index < -0.39 is 11.6 Å². The number of amides is 1. The number of rotatable bonds is 4. The number of benzene rings is 1. The molecule has 1 aromatic carbocycles. The van der Waals surface area contributed by atoms with Gasteiger partial charge in [0.15, 0.2) is 11.6 Å². The van der Waals surface area contributed by atoms with Crippen molar-refractivity contribution < 1.29 is 13.6 Å². The third kappa shape index (κ3) is 2.61. The second-order valence-electron chi connectivity index (χ2n) is 4.42. The Hall–Kier alpha value is -1.49. The molecule has 1 saturated carbocycles. The van der Waals surface area contributed by atoms with Gasteiger partial charge >= 0.3 is 0 Å². The highest BCUT2D eigenvalue weighted by atomic mass is 19.2. The van der Waals surface area contributed by atoms with Gasteiger partial charge in [0.25, 0.3) is 0 Å². The summed E-state index contributed by atoms with van der Waals surface area (Å²) in [6.07, 6.45) is 1.53. The SMILES string of the molecule is NCC1(NC(=O)Cc2cccc(F)c2F)CC1. The minimum absolute atomic E-state index is 0.0651. The zero-order valence-corrected chi connectivity index (χ0v) is 9.30. The fourth-order valence-electron chi connectivity index (χ4n) is 1.73. The quantitative estimate of drug-likeness (QED) is 0.828. The van der Waals surface area contributed by atoms with E-state index in [0.29, 0.717) is 6.54 Å². The van der Waals surface area contributed by atoms with Crippen molar-refractivity contribution in [3.63, 3.8) is 0 Å². The zero-order valence-electron chi connectivity index (χ0n) is 9.30. The molecule has 3 nitrogen and oxygen atoms in total. The highest BCUT2D eigenvalue weighted by molar-refractivity contribution is 5.79. The third-order valence-electron chi connectivity index (χ3n) is 3.03. The fourth-order valence-corrected chi connectivity index (χ4v) is 1.73. The van der Waals surface area contributed by atoms with Crippen LogP contribution in [0.4, 0.5) is 8.78 Å². The average molecular weight is 240 g/mol. The Morgan fingerprint density at radius 2 is 2.12 bits per heavy atom. The van der Waals surface area contributed by atoms with E-state index >= 15 is 0 Å². The molecule has 92 valence electrons. The summed E-state index contributed by atoms with van der Waals surface area (Å²) in [4.78, 5) is 11.6. The molecular weight excluding hydrogens is 226 g/mol. The lowest BCUT2D eigenvalue weighted by Crippen LogP contribution is -2.43. The van der Waals surface area contributed by atoms with Crippen molar-refractivity contribution in [2.75, 3.05) is 6.54 Å². The van der Waals surface area contributed by atoms with Gasteiger partial charge < -0.3 is 11.1 Å². The fraction of sp³-hybridized carbons (Fsp3) is 0.417. The second kappa shape index (κ2) is 4.41. The highest BCUT2D eigenvalue weighted by Gasteiger charge is 2.42. The largest absolute Gasteiger partial charge is 0.349 e. The molecule has 1 aliphatic rings. The first kappa shape index (κ1) is 12.0. The Labute approximate surface area is 98.0 Å². The maximum Gasteiger partial charge on any atom is 0.225 e. The van der Waals surface area contributed by atoms with Crippen LogP contribution in [0.2, 0.25) is 0 Å². The monoisotopic (exact) mass is 240 g/mol. The minimum Gasteiger partial charge on any atom is -0.349 e. The van der Waals surface area contributed by atoms with Crippen LogP contribution in [0.25, 0.3) is 0 Å². The van der Waals surface area contributed by atoms with Crippen molar-refractivity contribution in [2.45, 2.75) is 24.8 Å². The van der Waals surface area contributed by atoms with E-state index in [0.717, 1.165) is 18.9 Å². The number of carbonyl (C=O) groups excluding carboxylic acids is 1. The lowest BCUT2D eigenvalue weighted by Gasteiger charge is -2.14. The Kier molecular flexibility index (Phi) is 3.11. The Morgan fingerprint density at radius 3 is 2.71 bits per heavy atom. The number of nitrogens with two attached hydrogens (primary N) is 1. The molecule has 0 unspecified atom stereocenters. The van der Waals surface area contributed by atoms with Crippen LogP contribution in [0.5, 0.6) is 0 Å². The predicted molar refractivity (Wildman–Crippen MR) is 59.2 cm³/mol. The highest BCUT2D eigenvalue weighted by Crippen LogP contribution is 2.33. The smallest absolute Gasteiger partial charge is 0.225 e. The molecule has 0 aromatic heterocycles. The standard InChI is InChI=1S/C12H14F2N2O/c13-9-3-1-2-8(11(9)14)6-10(17)16-12(7-15)4-5-12/h1-3H,4-7,15H2,(H,16,17). The maximum atomic E-state index is 13.3. The number of carbonyl (C=O) groups is 1. The molecule has 0 spiro atoms. The zero-order chi connectivity index (χ0) is 12.5. The summed E-state index contributed by atoms with van der Waals surface area (Å²) < 4.78 is 26.2.